The van der Waals surface area contributed by atoms with E-state index in [1.165, 1.54) is 12.1 Å². The van der Waals surface area contributed by atoms with Crippen LogP contribution in [-0.4, -0.2) is 11.1 Å². The summed E-state index contributed by atoms with van der Waals surface area (Å²) in [4.78, 5) is 11.0. The Morgan fingerprint density at radius 3 is 2.70 bits per heavy atom. The molecule has 0 aliphatic heterocycles. The van der Waals surface area contributed by atoms with Gasteiger partial charge in [0.2, 0.25) is 0 Å². The van der Waals surface area contributed by atoms with E-state index < -0.39 is 5.97 Å². The predicted molar refractivity (Wildman–Crippen MR) is 73.3 cm³/mol. The standard InChI is InChI=1S/C16H11FO3/c1-9-2-3-10(16(18)19)7-13(9)15-8-11-6-12(17)4-5-14(11)20-15/h2-8H,1H3,(H,18,19). The lowest BCUT2D eigenvalue weighted by molar-refractivity contribution is 0.0697. The van der Waals surface area contributed by atoms with Gasteiger partial charge in [0.25, 0.3) is 0 Å². The molecule has 0 bridgehead atoms. The number of carboxylic acids is 1. The molecule has 20 heavy (non-hydrogen) atoms. The first-order chi connectivity index (χ1) is 9.54. The maximum Gasteiger partial charge on any atom is 0.335 e. The quantitative estimate of drug-likeness (QED) is 0.757. The number of carboxylic acid groups (broad SMARTS) is 1. The van der Waals surface area contributed by atoms with Crippen molar-refractivity contribution < 1.29 is 18.7 Å². The first kappa shape index (κ1) is 12.4. The maximum atomic E-state index is 13.2. The van der Waals surface area contributed by atoms with Crippen LogP contribution in [0.15, 0.2) is 46.9 Å². The van der Waals surface area contributed by atoms with Crippen molar-refractivity contribution in [2.75, 3.05) is 0 Å². The Morgan fingerprint density at radius 1 is 1.15 bits per heavy atom. The van der Waals surface area contributed by atoms with Gasteiger partial charge in [-0.2, -0.15) is 0 Å². The molecule has 1 heterocycles. The Morgan fingerprint density at radius 2 is 1.95 bits per heavy atom. The van der Waals surface area contributed by atoms with Gasteiger partial charge in [-0.15, -0.1) is 0 Å². The van der Waals surface area contributed by atoms with Gasteiger partial charge in [-0.3, -0.25) is 0 Å². The number of furan rings is 1. The van der Waals surface area contributed by atoms with Crippen molar-refractivity contribution in [3.63, 3.8) is 0 Å². The van der Waals surface area contributed by atoms with Crippen molar-refractivity contribution in [2.24, 2.45) is 0 Å². The summed E-state index contributed by atoms with van der Waals surface area (Å²) in [6.45, 7) is 1.87. The van der Waals surface area contributed by atoms with Crippen molar-refractivity contribution >= 4 is 16.9 Å². The molecular formula is C16H11FO3. The van der Waals surface area contributed by atoms with Gasteiger partial charge >= 0.3 is 5.97 Å². The van der Waals surface area contributed by atoms with Gasteiger partial charge in [-0.05, 0) is 48.9 Å². The number of hydrogen-bond acceptors (Lipinski definition) is 2. The van der Waals surface area contributed by atoms with Crippen molar-refractivity contribution in [1.82, 2.24) is 0 Å². The number of rotatable bonds is 2. The molecule has 0 saturated heterocycles. The molecule has 0 saturated carbocycles. The lowest BCUT2D eigenvalue weighted by atomic mass is 10.0. The molecular weight excluding hydrogens is 259 g/mol. The van der Waals surface area contributed by atoms with Crippen LogP contribution < -0.4 is 0 Å². The Balaban J connectivity index is 2.19. The molecule has 0 unspecified atom stereocenters. The fraction of sp³-hybridized carbons (Fsp3) is 0.0625. The average molecular weight is 270 g/mol. The van der Waals surface area contributed by atoms with Gasteiger partial charge in [-0.1, -0.05) is 6.07 Å². The van der Waals surface area contributed by atoms with Crippen LogP contribution in [0, 0.1) is 12.7 Å². The van der Waals surface area contributed by atoms with Gasteiger partial charge in [0, 0.05) is 10.9 Å². The SMILES string of the molecule is Cc1ccc(C(=O)O)cc1-c1cc2cc(F)ccc2o1. The summed E-state index contributed by atoms with van der Waals surface area (Å²) in [5.74, 6) is -0.791. The van der Waals surface area contributed by atoms with E-state index in [1.54, 1.807) is 30.3 Å². The van der Waals surface area contributed by atoms with Crippen LogP contribution in [0.5, 0.6) is 0 Å². The van der Waals surface area contributed by atoms with Crippen LogP contribution in [0.25, 0.3) is 22.3 Å². The second-order valence-electron chi connectivity index (χ2n) is 4.63. The molecule has 0 aliphatic rings. The third-order valence-electron chi connectivity index (χ3n) is 3.23. The zero-order chi connectivity index (χ0) is 14.3. The number of halogens is 1. The van der Waals surface area contributed by atoms with Crippen LogP contribution in [0.3, 0.4) is 0 Å². The number of aryl methyl sites for hydroxylation is 1. The van der Waals surface area contributed by atoms with E-state index in [-0.39, 0.29) is 11.4 Å². The van der Waals surface area contributed by atoms with Crippen LogP contribution >= 0.6 is 0 Å². The summed E-state index contributed by atoms with van der Waals surface area (Å²) >= 11 is 0. The normalized spacial score (nSPS) is 10.9. The molecule has 2 aromatic carbocycles. The van der Waals surface area contributed by atoms with Crippen LogP contribution in [0.4, 0.5) is 4.39 Å². The number of fused-ring (bicyclic) bond motifs is 1. The Bertz CT molecular complexity index is 818. The number of aromatic carboxylic acids is 1. The van der Waals surface area contributed by atoms with E-state index >= 15 is 0 Å². The van der Waals surface area contributed by atoms with Crippen LogP contribution in [0.1, 0.15) is 15.9 Å². The molecule has 3 rings (SSSR count). The Labute approximate surface area is 114 Å². The molecule has 0 amide bonds. The highest BCUT2D eigenvalue weighted by atomic mass is 19.1. The Kier molecular flexibility index (Phi) is 2.79. The van der Waals surface area contributed by atoms with Gasteiger partial charge in [0.1, 0.15) is 17.2 Å². The highest BCUT2D eigenvalue weighted by Crippen LogP contribution is 2.31. The van der Waals surface area contributed by atoms with E-state index in [9.17, 15) is 9.18 Å². The Hall–Kier alpha value is -2.62. The van der Waals surface area contributed by atoms with E-state index in [2.05, 4.69) is 0 Å². The number of hydrogen-bond donors (Lipinski definition) is 1. The summed E-state index contributed by atoms with van der Waals surface area (Å²) in [6.07, 6.45) is 0. The van der Waals surface area contributed by atoms with Gasteiger partial charge < -0.3 is 9.52 Å². The van der Waals surface area contributed by atoms with Crippen molar-refractivity contribution in [3.8, 4) is 11.3 Å². The highest BCUT2D eigenvalue weighted by Gasteiger charge is 2.12. The third-order valence-corrected chi connectivity index (χ3v) is 3.23. The van der Waals surface area contributed by atoms with Crippen molar-refractivity contribution in [3.05, 3.63) is 59.4 Å². The maximum absolute atomic E-state index is 13.2. The second-order valence-corrected chi connectivity index (χ2v) is 4.63. The monoisotopic (exact) mass is 270 g/mol. The fourth-order valence-electron chi connectivity index (χ4n) is 2.17. The molecule has 0 spiro atoms. The summed E-state index contributed by atoms with van der Waals surface area (Å²) in [6, 6.07) is 10.8. The molecule has 0 aliphatic carbocycles. The number of benzene rings is 2. The number of carbonyl (C=O) groups is 1. The minimum Gasteiger partial charge on any atom is -0.478 e. The molecule has 100 valence electrons. The van der Waals surface area contributed by atoms with E-state index in [4.69, 9.17) is 9.52 Å². The molecule has 0 fully saturated rings. The lowest BCUT2D eigenvalue weighted by Crippen LogP contribution is -1.96. The third kappa shape index (κ3) is 2.05. The molecule has 4 heteroatoms. The first-order valence-corrected chi connectivity index (χ1v) is 6.08. The second kappa shape index (κ2) is 4.49. The van der Waals surface area contributed by atoms with Gasteiger partial charge in [0.15, 0.2) is 0 Å². The van der Waals surface area contributed by atoms with Crippen molar-refractivity contribution in [2.45, 2.75) is 6.92 Å². The largest absolute Gasteiger partial charge is 0.478 e. The van der Waals surface area contributed by atoms with E-state index in [0.29, 0.717) is 22.3 Å². The summed E-state index contributed by atoms with van der Waals surface area (Å²) in [5.41, 5.74) is 2.36. The molecule has 0 atom stereocenters. The lowest BCUT2D eigenvalue weighted by Gasteiger charge is -2.03. The molecule has 3 aromatic rings. The molecule has 1 aromatic heterocycles. The molecule has 1 N–H and O–H groups in total. The van der Waals surface area contributed by atoms with Crippen LogP contribution in [0.2, 0.25) is 0 Å². The first-order valence-electron chi connectivity index (χ1n) is 6.08. The zero-order valence-corrected chi connectivity index (χ0v) is 10.7. The smallest absolute Gasteiger partial charge is 0.335 e. The molecule has 3 nitrogen and oxygen atoms in total. The van der Waals surface area contributed by atoms with Crippen LogP contribution in [-0.2, 0) is 0 Å². The predicted octanol–water partition coefficient (Wildman–Crippen LogP) is 4.25. The van der Waals surface area contributed by atoms with Crippen molar-refractivity contribution in [1.29, 1.82) is 0 Å². The fourth-order valence-corrected chi connectivity index (χ4v) is 2.17. The topological polar surface area (TPSA) is 50.4 Å². The summed E-state index contributed by atoms with van der Waals surface area (Å²) in [5, 5.41) is 9.70. The van der Waals surface area contributed by atoms with E-state index in [0.717, 1.165) is 5.56 Å². The molecule has 0 radical (unpaired) electrons. The summed E-state index contributed by atoms with van der Waals surface area (Å²) in [7, 11) is 0. The van der Waals surface area contributed by atoms with E-state index in [1.807, 2.05) is 6.92 Å². The zero-order valence-electron chi connectivity index (χ0n) is 10.7. The van der Waals surface area contributed by atoms with Gasteiger partial charge in [0.05, 0.1) is 5.56 Å². The summed E-state index contributed by atoms with van der Waals surface area (Å²) < 4.78 is 18.8. The minimum absolute atomic E-state index is 0.192. The minimum atomic E-state index is -0.992. The average Bonchev–Trinajstić information content (AvgIpc) is 2.81. The highest BCUT2D eigenvalue weighted by molar-refractivity contribution is 5.90. The van der Waals surface area contributed by atoms with Gasteiger partial charge in [-0.25, -0.2) is 9.18 Å².